The number of pyridine rings is 1. The maximum atomic E-state index is 12.3. The summed E-state index contributed by atoms with van der Waals surface area (Å²) in [6, 6.07) is 3.13. The zero-order valence-corrected chi connectivity index (χ0v) is 13.1. The van der Waals surface area contributed by atoms with E-state index in [1.54, 1.807) is 11.0 Å². The Hall–Kier alpha value is -1.98. The average Bonchev–Trinajstić information content (AvgIpc) is 2.41. The van der Waals surface area contributed by atoms with Gasteiger partial charge in [-0.2, -0.15) is 0 Å². The van der Waals surface area contributed by atoms with Crippen molar-refractivity contribution in [1.29, 1.82) is 0 Å². The number of carbonyl (C=O) groups is 1. The molecule has 1 aromatic rings. The minimum Gasteiger partial charge on any atom is -0.493 e. The number of amides is 1. The fourth-order valence-electron chi connectivity index (χ4n) is 2.17. The summed E-state index contributed by atoms with van der Waals surface area (Å²) in [5.41, 5.74) is -0.615. The van der Waals surface area contributed by atoms with Crippen LogP contribution in [0.25, 0.3) is 0 Å². The first kappa shape index (κ1) is 15.4. The van der Waals surface area contributed by atoms with Crippen LogP contribution in [0.5, 0.6) is 11.6 Å². The molecule has 0 saturated heterocycles. The van der Waals surface area contributed by atoms with E-state index in [1.807, 2.05) is 34.6 Å². The summed E-state index contributed by atoms with van der Waals surface area (Å²) in [5.74, 6) is 0.477. The van der Waals surface area contributed by atoms with Crippen LogP contribution in [-0.2, 0) is 11.3 Å². The fourth-order valence-corrected chi connectivity index (χ4v) is 2.17. The second-order valence-electron chi connectivity index (χ2n) is 6.81. The van der Waals surface area contributed by atoms with Crippen molar-refractivity contribution in [3.8, 4) is 11.6 Å². The van der Waals surface area contributed by atoms with Crippen molar-refractivity contribution in [2.24, 2.45) is 0 Å². The van der Waals surface area contributed by atoms with Crippen LogP contribution in [0.1, 0.15) is 40.3 Å². The Morgan fingerprint density at radius 2 is 2.10 bits per heavy atom. The summed E-state index contributed by atoms with van der Waals surface area (Å²) in [5, 5.41) is 9.52. The standard InChI is InChI=1S/C15H22N2O4/c1-14(2,3)21-13(19)17-8-10-11(6-7-12(18)16-10)20-15(4,5)9-17/h6-7H,8-9H2,1-5H3,(H,16,18). The molecule has 1 aliphatic heterocycles. The van der Waals surface area contributed by atoms with Crippen molar-refractivity contribution in [1.82, 2.24) is 9.88 Å². The molecule has 2 rings (SSSR count). The third-order valence-electron chi connectivity index (χ3n) is 2.87. The number of nitrogens with zero attached hydrogens (tertiary/aromatic N) is 2. The highest BCUT2D eigenvalue weighted by Gasteiger charge is 2.34. The van der Waals surface area contributed by atoms with Crippen LogP contribution in [0.4, 0.5) is 4.79 Å². The summed E-state index contributed by atoms with van der Waals surface area (Å²) in [6.45, 7) is 9.87. The van der Waals surface area contributed by atoms with Crippen molar-refractivity contribution in [2.45, 2.75) is 52.4 Å². The molecule has 0 aliphatic carbocycles. The average molecular weight is 294 g/mol. The van der Waals surface area contributed by atoms with Gasteiger partial charge in [0, 0.05) is 6.07 Å². The van der Waals surface area contributed by atoms with Crippen LogP contribution in [0.15, 0.2) is 12.1 Å². The smallest absolute Gasteiger partial charge is 0.410 e. The lowest BCUT2D eigenvalue weighted by Gasteiger charge is -2.31. The van der Waals surface area contributed by atoms with Gasteiger partial charge in [-0.1, -0.05) is 0 Å². The molecule has 0 bridgehead atoms. The zero-order chi connectivity index (χ0) is 15.8. The summed E-state index contributed by atoms with van der Waals surface area (Å²) in [4.78, 5) is 17.9. The lowest BCUT2D eigenvalue weighted by atomic mass is 10.1. The number of hydrogen-bond acceptors (Lipinski definition) is 5. The van der Waals surface area contributed by atoms with Crippen molar-refractivity contribution in [3.63, 3.8) is 0 Å². The molecule has 6 heteroatoms. The van der Waals surface area contributed by atoms with Gasteiger partial charge in [-0.15, -0.1) is 0 Å². The molecule has 1 aliphatic rings. The number of rotatable bonds is 0. The van der Waals surface area contributed by atoms with E-state index in [9.17, 15) is 9.90 Å². The second-order valence-corrected chi connectivity index (χ2v) is 6.81. The predicted molar refractivity (Wildman–Crippen MR) is 77.3 cm³/mol. The molecule has 1 aromatic heterocycles. The van der Waals surface area contributed by atoms with Crippen LogP contribution in [0.3, 0.4) is 0 Å². The lowest BCUT2D eigenvalue weighted by molar-refractivity contribution is 0.00745. The first-order valence-corrected chi connectivity index (χ1v) is 6.92. The monoisotopic (exact) mass is 294 g/mol. The van der Waals surface area contributed by atoms with Gasteiger partial charge in [-0.05, 0) is 40.7 Å². The molecule has 0 saturated carbocycles. The van der Waals surface area contributed by atoms with Gasteiger partial charge in [0.15, 0.2) is 0 Å². The highest BCUT2D eigenvalue weighted by molar-refractivity contribution is 5.68. The Balaban J connectivity index is 2.30. The van der Waals surface area contributed by atoms with E-state index in [2.05, 4.69) is 4.98 Å². The van der Waals surface area contributed by atoms with Gasteiger partial charge in [-0.3, -0.25) is 4.90 Å². The van der Waals surface area contributed by atoms with Gasteiger partial charge >= 0.3 is 6.09 Å². The number of aromatic hydroxyl groups is 1. The minimum atomic E-state index is -0.569. The topological polar surface area (TPSA) is 71.9 Å². The lowest BCUT2D eigenvalue weighted by Crippen LogP contribution is -2.45. The molecular formula is C15H22N2O4. The van der Waals surface area contributed by atoms with Crippen LogP contribution in [-0.4, -0.2) is 38.8 Å². The van der Waals surface area contributed by atoms with Gasteiger partial charge in [0.05, 0.1) is 13.1 Å². The van der Waals surface area contributed by atoms with Gasteiger partial charge < -0.3 is 14.6 Å². The summed E-state index contributed by atoms with van der Waals surface area (Å²) in [6.07, 6.45) is -0.419. The largest absolute Gasteiger partial charge is 0.493 e. The molecule has 0 unspecified atom stereocenters. The van der Waals surface area contributed by atoms with E-state index in [1.165, 1.54) is 6.07 Å². The number of fused-ring (bicyclic) bond motifs is 1. The van der Waals surface area contributed by atoms with E-state index >= 15 is 0 Å². The Bertz CT molecular complexity index is 549. The first-order chi connectivity index (χ1) is 9.56. The third-order valence-corrected chi connectivity index (χ3v) is 2.87. The Morgan fingerprint density at radius 3 is 2.71 bits per heavy atom. The Kier molecular flexibility index (Phi) is 3.74. The molecule has 1 N–H and O–H groups in total. The predicted octanol–water partition coefficient (Wildman–Crippen LogP) is 2.70. The number of ether oxygens (including phenoxy) is 2. The van der Waals surface area contributed by atoms with Crippen molar-refractivity contribution in [2.75, 3.05) is 6.54 Å². The van der Waals surface area contributed by atoms with Crippen LogP contribution < -0.4 is 4.74 Å². The summed E-state index contributed by atoms with van der Waals surface area (Å²) in [7, 11) is 0. The van der Waals surface area contributed by atoms with Crippen LogP contribution in [0, 0.1) is 0 Å². The highest BCUT2D eigenvalue weighted by atomic mass is 16.6. The summed E-state index contributed by atoms with van der Waals surface area (Å²) < 4.78 is 11.3. The molecule has 6 nitrogen and oxygen atoms in total. The van der Waals surface area contributed by atoms with Crippen LogP contribution >= 0.6 is 0 Å². The fraction of sp³-hybridized carbons (Fsp3) is 0.600. The van der Waals surface area contributed by atoms with Crippen LogP contribution in [0.2, 0.25) is 0 Å². The maximum absolute atomic E-state index is 12.3. The van der Waals surface area contributed by atoms with E-state index in [0.717, 1.165) is 0 Å². The van der Waals surface area contributed by atoms with Crippen molar-refractivity contribution in [3.05, 3.63) is 17.8 Å². The normalized spacial score (nSPS) is 17.5. The van der Waals surface area contributed by atoms with Crippen molar-refractivity contribution < 1.29 is 19.4 Å². The SMILES string of the molecule is CC(C)(C)OC(=O)N1Cc2nc(O)ccc2OC(C)(C)C1. The van der Waals surface area contributed by atoms with E-state index in [4.69, 9.17) is 9.47 Å². The number of aromatic nitrogens is 1. The molecule has 0 radical (unpaired) electrons. The van der Waals surface area contributed by atoms with E-state index in [0.29, 0.717) is 18.0 Å². The quantitative estimate of drug-likeness (QED) is 0.796. The second kappa shape index (κ2) is 5.09. The molecule has 0 aromatic carbocycles. The maximum Gasteiger partial charge on any atom is 0.410 e. The molecule has 21 heavy (non-hydrogen) atoms. The minimum absolute atomic E-state index is 0.0961. The van der Waals surface area contributed by atoms with Gasteiger partial charge in [0.2, 0.25) is 5.88 Å². The van der Waals surface area contributed by atoms with Gasteiger partial charge in [-0.25, -0.2) is 9.78 Å². The zero-order valence-electron chi connectivity index (χ0n) is 13.1. The first-order valence-electron chi connectivity index (χ1n) is 6.92. The Morgan fingerprint density at radius 1 is 1.43 bits per heavy atom. The molecular weight excluding hydrogens is 272 g/mol. The molecule has 1 amide bonds. The van der Waals surface area contributed by atoms with E-state index in [-0.39, 0.29) is 12.4 Å². The molecule has 116 valence electrons. The number of hydrogen-bond donors (Lipinski definition) is 1. The van der Waals surface area contributed by atoms with Gasteiger partial charge in [0.1, 0.15) is 22.6 Å². The molecule has 0 atom stereocenters. The molecule has 2 heterocycles. The van der Waals surface area contributed by atoms with E-state index < -0.39 is 17.3 Å². The molecule has 0 fully saturated rings. The number of carbonyl (C=O) groups excluding carboxylic acids is 1. The Labute approximate surface area is 124 Å². The molecule has 0 spiro atoms. The highest BCUT2D eigenvalue weighted by Crippen LogP contribution is 2.30. The summed E-state index contributed by atoms with van der Waals surface area (Å²) >= 11 is 0. The van der Waals surface area contributed by atoms with Crippen molar-refractivity contribution >= 4 is 6.09 Å². The van der Waals surface area contributed by atoms with Gasteiger partial charge in [0.25, 0.3) is 0 Å². The third kappa shape index (κ3) is 4.00.